The van der Waals surface area contributed by atoms with Crippen LogP contribution in [-0.4, -0.2) is 35.4 Å². The van der Waals surface area contributed by atoms with Crippen molar-refractivity contribution in [3.63, 3.8) is 0 Å². The molecule has 2 aromatic rings. The molecule has 1 aliphatic rings. The van der Waals surface area contributed by atoms with Gasteiger partial charge < -0.3 is 0 Å². The number of allylic oxidation sites excluding steroid dienone is 2. The second-order valence-corrected chi connectivity index (χ2v) is 8.32. The summed E-state index contributed by atoms with van der Waals surface area (Å²) in [5, 5.41) is 15.2. The van der Waals surface area contributed by atoms with Gasteiger partial charge >= 0.3 is 146 Å². The first-order valence-electron chi connectivity index (χ1n) is 7.69. The topological polar surface area (TPSA) is 78.0 Å². The Morgan fingerprint density at radius 3 is 2.79 bits per heavy atom. The van der Waals surface area contributed by atoms with Crippen LogP contribution in [0.1, 0.15) is 25.0 Å². The first kappa shape index (κ1) is 16.6. The van der Waals surface area contributed by atoms with Gasteiger partial charge in [-0.25, -0.2) is 0 Å². The maximum atomic E-state index is 12.7. The van der Waals surface area contributed by atoms with Crippen molar-refractivity contribution in [1.82, 2.24) is 9.78 Å². The molecule has 0 amide bonds. The number of hydrogen-bond acceptors (Lipinski definition) is 4. The van der Waals surface area contributed by atoms with Crippen LogP contribution >= 0.6 is 0 Å². The summed E-state index contributed by atoms with van der Waals surface area (Å²) in [5.41, 5.74) is 1.13. The van der Waals surface area contributed by atoms with Crippen molar-refractivity contribution >= 4 is 36.5 Å². The van der Waals surface area contributed by atoms with E-state index in [9.17, 15) is 14.9 Å². The molecule has 1 heterocycles. The molecule has 3 rings (SSSR count). The molecule has 1 aliphatic carbocycles. The van der Waals surface area contributed by atoms with Gasteiger partial charge in [-0.15, -0.1) is 0 Å². The molecule has 7 heteroatoms. The first-order chi connectivity index (χ1) is 11.6. The number of carbonyl (C=O) groups excluding carboxylic acids is 1. The van der Waals surface area contributed by atoms with E-state index in [4.69, 9.17) is 0 Å². The molecular weight excluding hydrogens is 373 g/mol. The number of aromatic nitrogens is 2. The molecule has 0 radical (unpaired) electrons. The number of aryl methyl sites for hydroxylation is 1. The first-order valence-corrected chi connectivity index (χ1v) is 9.53. The summed E-state index contributed by atoms with van der Waals surface area (Å²) in [6.45, 7) is 0. The van der Waals surface area contributed by atoms with E-state index in [0.29, 0.717) is 12.1 Å². The number of hydrogen-bond donors (Lipinski definition) is 0. The standard InChI is InChI=1S/C17H17N3O3Se/c1-19-17(14(11-18-19)20(22)23)12-6-5-9-16(15(21)10-12)24-13-7-3-2-4-8-13/h2-4,7-8,10-11,16H,5-6,9H2,1H3. The summed E-state index contributed by atoms with van der Waals surface area (Å²) < 4.78 is 2.69. The van der Waals surface area contributed by atoms with Gasteiger partial charge in [-0.3, -0.25) is 0 Å². The summed E-state index contributed by atoms with van der Waals surface area (Å²) in [7, 11) is 1.67. The molecule has 124 valence electrons. The van der Waals surface area contributed by atoms with E-state index < -0.39 is 4.92 Å². The van der Waals surface area contributed by atoms with Gasteiger partial charge in [-0.2, -0.15) is 0 Å². The van der Waals surface area contributed by atoms with Crippen LogP contribution in [0.15, 0.2) is 42.6 Å². The molecule has 1 aromatic carbocycles. The van der Waals surface area contributed by atoms with Crippen LogP contribution in [0.2, 0.25) is 4.82 Å². The molecule has 0 spiro atoms. The van der Waals surface area contributed by atoms with Crippen molar-refractivity contribution in [1.29, 1.82) is 0 Å². The normalized spacial score (nSPS) is 18.1. The quantitative estimate of drug-likeness (QED) is 0.456. The van der Waals surface area contributed by atoms with Crippen LogP contribution in [0, 0.1) is 10.1 Å². The van der Waals surface area contributed by atoms with Crippen LogP contribution in [-0.2, 0) is 11.8 Å². The summed E-state index contributed by atoms with van der Waals surface area (Å²) in [6, 6.07) is 10.0. The van der Waals surface area contributed by atoms with Gasteiger partial charge in [0.05, 0.1) is 0 Å². The van der Waals surface area contributed by atoms with Crippen LogP contribution < -0.4 is 4.46 Å². The van der Waals surface area contributed by atoms with E-state index in [-0.39, 0.29) is 31.2 Å². The Labute approximate surface area is 145 Å². The molecule has 24 heavy (non-hydrogen) atoms. The second-order valence-electron chi connectivity index (χ2n) is 5.64. The molecule has 1 atom stereocenters. The van der Waals surface area contributed by atoms with Gasteiger partial charge in [0.15, 0.2) is 0 Å². The number of nitrogens with zero attached hydrogens (tertiary/aromatic N) is 3. The van der Waals surface area contributed by atoms with Crippen LogP contribution in [0.5, 0.6) is 0 Å². The molecule has 0 saturated carbocycles. The molecule has 1 aromatic heterocycles. The summed E-state index contributed by atoms with van der Waals surface area (Å²) in [4.78, 5) is 23.4. The zero-order valence-electron chi connectivity index (χ0n) is 13.2. The van der Waals surface area contributed by atoms with Crippen LogP contribution in [0.4, 0.5) is 5.69 Å². The van der Waals surface area contributed by atoms with E-state index in [0.717, 1.165) is 18.4 Å². The summed E-state index contributed by atoms with van der Waals surface area (Å²) >= 11 is 0.0721. The van der Waals surface area contributed by atoms with Crippen molar-refractivity contribution in [2.45, 2.75) is 24.1 Å². The number of benzene rings is 1. The predicted octanol–water partition coefficient (Wildman–Crippen LogP) is 2.28. The summed E-state index contributed by atoms with van der Waals surface area (Å²) in [6.07, 6.45) is 5.18. The van der Waals surface area contributed by atoms with Crippen molar-refractivity contribution in [2.75, 3.05) is 0 Å². The molecule has 1 unspecified atom stereocenters. The second kappa shape index (κ2) is 7.11. The molecule has 0 aliphatic heterocycles. The fraction of sp³-hybridized carbons (Fsp3) is 0.294. The van der Waals surface area contributed by atoms with E-state index in [1.165, 1.54) is 15.3 Å². The van der Waals surface area contributed by atoms with Crippen molar-refractivity contribution in [3.05, 3.63) is 58.4 Å². The number of carbonyl (C=O) groups is 1. The van der Waals surface area contributed by atoms with Gasteiger partial charge in [0.2, 0.25) is 0 Å². The van der Waals surface area contributed by atoms with Gasteiger partial charge in [0, 0.05) is 0 Å². The Morgan fingerprint density at radius 1 is 1.33 bits per heavy atom. The van der Waals surface area contributed by atoms with Gasteiger partial charge in [0.25, 0.3) is 0 Å². The fourth-order valence-electron chi connectivity index (χ4n) is 2.86. The molecule has 0 N–H and O–H groups in total. The van der Waals surface area contributed by atoms with Crippen molar-refractivity contribution < 1.29 is 9.72 Å². The Morgan fingerprint density at radius 2 is 2.08 bits per heavy atom. The fourth-order valence-corrected chi connectivity index (χ4v) is 5.19. The number of rotatable bonds is 4. The molecule has 0 saturated heterocycles. The molecular formula is C17H17N3O3Se. The Balaban J connectivity index is 1.87. The third-order valence-electron chi connectivity index (χ3n) is 3.99. The SMILES string of the molecule is Cn1ncc([N+](=O)[O-])c1C1=CC(=O)C([Se]c2ccccc2)CCC1. The Bertz CT molecular complexity index is 799. The van der Waals surface area contributed by atoms with Crippen molar-refractivity contribution in [2.24, 2.45) is 7.05 Å². The van der Waals surface area contributed by atoms with E-state index in [2.05, 4.69) is 17.2 Å². The average Bonchev–Trinajstić information content (AvgIpc) is 2.86. The zero-order chi connectivity index (χ0) is 17.1. The molecule has 6 nitrogen and oxygen atoms in total. The van der Waals surface area contributed by atoms with Gasteiger partial charge in [0.1, 0.15) is 0 Å². The third-order valence-corrected chi connectivity index (χ3v) is 6.71. The van der Waals surface area contributed by atoms with Crippen LogP contribution in [0.3, 0.4) is 0 Å². The Kier molecular flexibility index (Phi) is 4.92. The minimum atomic E-state index is -0.441. The number of nitro groups is 1. The zero-order valence-corrected chi connectivity index (χ0v) is 14.9. The number of ketones is 1. The molecule has 0 bridgehead atoms. The maximum absolute atomic E-state index is 12.7. The average molecular weight is 390 g/mol. The van der Waals surface area contributed by atoms with E-state index in [1.54, 1.807) is 13.1 Å². The monoisotopic (exact) mass is 391 g/mol. The minimum absolute atomic E-state index is 0.00955. The van der Waals surface area contributed by atoms with E-state index in [1.807, 2.05) is 18.2 Å². The molecule has 0 fully saturated rings. The van der Waals surface area contributed by atoms with Crippen molar-refractivity contribution in [3.8, 4) is 0 Å². The van der Waals surface area contributed by atoms with Gasteiger partial charge in [-0.1, -0.05) is 0 Å². The van der Waals surface area contributed by atoms with E-state index >= 15 is 0 Å². The predicted molar refractivity (Wildman–Crippen MR) is 92.3 cm³/mol. The third kappa shape index (κ3) is 3.47. The summed E-state index contributed by atoms with van der Waals surface area (Å²) in [5.74, 6) is 0.0712. The van der Waals surface area contributed by atoms with Gasteiger partial charge in [-0.05, 0) is 0 Å². The Hall–Kier alpha value is -2.24. The van der Waals surface area contributed by atoms with Crippen LogP contribution in [0.25, 0.3) is 5.57 Å².